The van der Waals surface area contributed by atoms with Crippen LogP contribution in [0.25, 0.3) is 0 Å². The number of Topliss-reactive ketones (excluding diaryl/α,β-unsaturated/α-hetero) is 1. The molecule has 0 heterocycles. The van der Waals surface area contributed by atoms with Crippen LogP contribution < -0.4 is 0 Å². The van der Waals surface area contributed by atoms with Crippen LogP contribution in [-0.4, -0.2) is 12.0 Å². The van der Waals surface area contributed by atoms with E-state index >= 15 is 0 Å². The Morgan fingerprint density at radius 3 is 1.12 bits per heavy atom. The Morgan fingerprint density at radius 2 is 0.840 bits per heavy atom. The first-order valence-corrected chi connectivity index (χ1v) is 10.6. The third-order valence-corrected chi connectivity index (χ3v) is 4.82. The lowest BCUT2D eigenvalue weighted by molar-refractivity contribution is -0.171. The molecule has 150 valence electrons. The van der Waals surface area contributed by atoms with Crippen molar-refractivity contribution in [2.45, 2.75) is 129 Å². The first-order chi connectivity index (χ1) is 12.0. The first-order valence-electron chi connectivity index (χ1n) is 10.6. The minimum absolute atomic E-state index is 0.345. The van der Waals surface area contributed by atoms with E-state index in [1.807, 2.05) is 0 Å². The number of halogens is 3. The lowest BCUT2D eigenvalue weighted by atomic mass is 10.0. The van der Waals surface area contributed by atoms with Crippen LogP contribution in [0, 0.1) is 0 Å². The highest BCUT2D eigenvalue weighted by atomic mass is 19.4. The highest BCUT2D eigenvalue weighted by molar-refractivity contribution is 5.83. The van der Waals surface area contributed by atoms with Gasteiger partial charge in [-0.25, -0.2) is 0 Å². The molecule has 1 nitrogen and oxygen atoms in total. The Balaban J connectivity index is 3.11. The molecule has 0 aliphatic heterocycles. The van der Waals surface area contributed by atoms with Crippen LogP contribution in [0.3, 0.4) is 0 Å². The van der Waals surface area contributed by atoms with E-state index < -0.39 is 12.0 Å². The van der Waals surface area contributed by atoms with Gasteiger partial charge in [-0.05, 0) is 6.42 Å². The first kappa shape index (κ1) is 24.5. The van der Waals surface area contributed by atoms with Crippen LogP contribution in [0.4, 0.5) is 13.2 Å². The fourth-order valence-corrected chi connectivity index (χ4v) is 3.15. The van der Waals surface area contributed by atoms with Gasteiger partial charge < -0.3 is 0 Å². The summed E-state index contributed by atoms with van der Waals surface area (Å²) in [5.74, 6) is -1.58. The molecule has 0 bridgehead atoms. The third-order valence-electron chi connectivity index (χ3n) is 4.82. The molecule has 4 heteroatoms. The highest BCUT2D eigenvalue weighted by Crippen LogP contribution is 2.20. The van der Waals surface area contributed by atoms with E-state index in [0.717, 1.165) is 19.3 Å². The maximum absolute atomic E-state index is 12.0. The Kier molecular flexibility index (Phi) is 16.5. The second-order valence-electron chi connectivity index (χ2n) is 7.33. The van der Waals surface area contributed by atoms with Gasteiger partial charge in [-0.15, -0.1) is 0 Å². The van der Waals surface area contributed by atoms with Crippen molar-refractivity contribution < 1.29 is 18.0 Å². The van der Waals surface area contributed by atoms with Gasteiger partial charge in [0, 0.05) is 6.42 Å². The minimum Gasteiger partial charge on any atom is -0.290 e. The summed E-state index contributed by atoms with van der Waals surface area (Å²) >= 11 is 0. The van der Waals surface area contributed by atoms with E-state index in [1.54, 1.807) is 0 Å². The van der Waals surface area contributed by atoms with Gasteiger partial charge >= 0.3 is 6.18 Å². The molecule has 0 saturated carbocycles. The van der Waals surface area contributed by atoms with Crippen molar-refractivity contribution in [2.75, 3.05) is 0 Å². The molecule has 0 fully saturated rings. The van der Waals surface area contributed by atoms with Gasteiger partial charge in [0.2, 0.25) is 5.78 Å². The number of carbonyl (C=O) groups excluding carboxylic acids is 1. The summed E-state index contributed by atoms with van der Waals surface area (Å²) in [5.41, 5.74) is 0. The summed E-state index contributed by atoms with van der Waals surface area (Å²) in [6, 6.07) is 0. The van der Waals surface area contributed by atoms with Crippen molar-refractivity contribution in [3.8, 4) is 0 Å². The van der Waals surface area contributed by atoms with E-state index in [-0.39, 0.29) is 6.42 Å². The van der Waals surface area contributed by atoms with Crippen molar-refractivity contribution in [1.29, 1.82) is 0 Å². The summed E-state index contributed by atoms with van der Waals surface area (Å²) in [6.45, 7) is 2.25. The quantitative estimate of drug-likeness (QED) is 0.224. The second-order valence-corrected chi connectivity index (χ2v) is 7.33. The van der Waals surface area contributed by atoms with Crippen molar-refractivity contribution in [2.24, 2.45) is 0 Å². The molecule has 0 aromatic carbocycles. The number of alkyl halides is 3. The monoisotopic (exact) mass is 364 g/mol. The zero-order valence-corrected chi connectivity index (χ0v) is 16.3. The number of ketones is 1. The topological polar surface area (TPSA) is 17.1 Å². The Hall–Kier alpha value is -0.540. The van der Waals surface area contributed by atoms with E-state index in [2.05, 4.69) is 6.92 Å². The molecule has 0 atom stereocenters. The van der Waals surface area contributed by atoms with Crippen LogP contribution in [0.1, 0.15) is 122 Å². The standard InChI is InChI=1S/C21H39F3O/c1-2-3-4-5-6-7-8-9-10-11-12-13-14-15-16-17-18-19-20(25)21(22,23)24/h2-19H2,1H3. The predicted molar refractivity (Wildman–Crippen MR) is 99.8 cm³/mol. The summed E-state index contributed by atoms with van der Waals surface area (Å²) < 4.78 is 36.0. The van der Waals surface area contributed by atoms with Gasteiger partial charge in [0.25, 0.3) is 0 Å². The smallest absolute Gasteiger partial charge is 0.290 e. The SMILES string of the molecule is CCCCCCCCCCCCCCCCCCCC(=O)C(F)(F)F. The molecule has 0 amide bonds. The second kappa shape index (κ2) is 16.9. The summed E-state index contributed by atoms with van der Waals surface area (Å²) in [6.07, 6.45) is 15.5. The molecule has 0 N–H and O–H groups in total. The van der Waals surface area contributed by atoms with Gasteiger partial charge in [-0.2, -0.15) is 13.2 Å². The van der Waals surface area contributed by atoms with Crippen LogP contribution in [-0.2, 0) is 4.79 Å². The molecule has 0 aliphatic carbocycles. The number of unbranched alkanes of at least 4 members (excludes halogenated alkanes) is 16. The van der Waals surface area contributed by atoms with Crippen LogP contribution in [0.2, 0.25) is 0 Å². The Bertz CT molecular complexity index is 300. The summed E-state index contributed by atoms with van der Waals surface area (Å²) in [5, 5.41) is 0. The Labute approximate surface area is 153 Å². The largest absolute Gasteiger partial charge is 0.449 e. The fraction of sp³-hybridized carbons (Fsp3) is 0.952. The zero-order valence-electron chi connectivity index (χ0n) is 16.3. The molecule has 0 aromatic heterocycles. The molecular weight excluding hydrogens is 325 g/mol. The normalized spacial score (nSPS) is 11.8. The van der Waals surface area contributed by atoms with Gasteiger partial charge in [0.1, 0.15) is 0 Å². The van der Waals surface area contributed by atoms with Crippen molar-refractivity contribution in [3.63, 3.8) is 0 Å². The number of carbonyl (C=O) groups is 1. The number of hydrogen-bond acceptors (Lipinski definition) is 1. The van der Waals surface area contributed by atoms with E-state index in [9.17, 15) is 18.0 Å². The molecular formula is C21H39F3O. The molecule has 0 rings (SSSR count). The molecule has 0 radical (unpaired) electrons. The predicted octanol–water partition coefficient (Wildman–Crippen LogP) is 8.16. The molecule has 0 aliphatic rings. The van der Waals surface area contributed by atoms with Crippen molar-refractivity contribution in [3.05, 3.63) is 0 Å². The zero-order chi connectivity index (χ0) is 18.8. The number of hydrogen-bond donors (Lipinski definition) is 0. The maximum Gasteiger partial charge on any atom is 0.449 e. The van der Waals surface area contributed by atoms with E-state index in [0.29, 0.717) is 6.42 Å². The molecule has 25 heavy (non-hydrogen) atoms. The van der Waals surface area contributed by atoms with Gasteiger partial charge in [0.15, 0.2) is 0 Å². The number of rotatable bonds is 18. The van der Waals surface area contributed by atoms with Gasteiger partial charge in [0.05, 0.1) is 0 Å². The molecule has 0 unspecified atom stereocenters. The maximum atomic E-state index is 12.0. The van der Waals surface area contributed by atoms with Gasteiger partial charge in [-0.1, -0.05) is 110 Å². The molecule has 0 saturated heterocycles. The van der Waals surface area contributed by atoms with Crippen molar-refractivity contribution >= 4 is 5.78 Å². The molecule has 0 spiro atoms. The third kappa shape index (κ3) is 18.1. The minimum atomic E-state index is -4.64. The summed E-state index contributed by atoms with van der Waals surface area (Å²) in [7, 11) is 0. The molecule has 0 aromatic rings. The lowest BCUT2D eigenvalue weighted by Crippen LogP contribution is -2.22. The van der Waals surface area contributed by atoms with Crippen LogP contribution >= 0.6 is 0 Å². The summed E-state index contributed by atoms with van der Waals surface area (Å²) in [4.78, 5) is 10.7. The van der Waals surface area contributed by atoms with E-state index in [1.165, 1.54) is 83.5 Å². The lowest BCUT2D eigenvalue weighted by Gasteiger charge is -2.05. The fourth-order valence-electron chi connectivity index (χ4n) is 3.15. The van der Waals surface area contributed by atoms with E-state index in [4.69, 9.17) is 0 Å². The average molecular weight is 365 g/mol. The highest BCUT2D eigenvalue weighted by Gasteiger charge is 2.36. The average Bonchev–Trinajstić information content (AvgIpc) is 2.56. The van der Waals surface area contributed by atoms with Crippen molar-refractivity contribution in [1.82, 2.24) is 0 Å². The van der Waals surface area contributed by atoms with Gasteiger partial charge in [-0.3, -0.25) is 4.79 Å². The van der Waals surface area contributed by atoms with Crippen LogP contribution in [0.5, 0.6) is 0 Å². The Morgan fingerprint density at radius 1 is 0.560 bits per heavy atom. The van der Waals surface area contributed by atoms with Crippen LogP contribution in [0.15, 0.2) is 0 Å².